The Morgan fingerprint density at radius 2 is 1.69 bits per heavy atom. The van der Waals surface area contributed by atoms with Crippen LogP contribution in [-0.4, -0.2) is 22.2 Å². The van der Waals surface area contributed by atoms with Crippen molar-refractivity contribution in [3.8, 4) is 0 Å². The highest BCUT2D eigenvalue weighted by molar-refractivity contribution is 5.86. The summed E-state index contributed by atoms with van der Waals surface area (Å²) in [4.78, 5) is 21.0. The quantitative estimate of drug-likeness (QED) is 0.306. The zero-order valence-corrected chi connectivity index (χ0v) is 18.0. The van der Waals surface area contributed by atoms with Crippen LogP contribution >= 0.6 is 0 Å². The first-order valence-electron chi connectivity index (χ1n) is 10.4. The highest BCUT2D eigenvalue weighted by atomic mass is 16.4. The lowest BCUT2D eigenvalue weighted by Crippen LogP contribution is -2.15. The van der Waals surface area contributed by atoms with Crippen LogP contribution in [0.3, 0.4) is 0 Å². The van der Waals surface area contributed by atoms with Gasteiger partial charge in [-0.1, -0.05) is 102 Å². The summed E-state index contributed by atoms with van der Waals surface area (Å²) in [6.45, 7) is 10.1. The summed E-state index contributed by atoms with van der Waals surface area (Å²) in [5, 5.41) is 17.2. The molecule has 0 aliphatic rings. The van der Waals surface area contributed by atoms with E-state index in [9.17, 15) is 9.59 Å². The number of hydrogen-bond donors (Lipinski definition) is 2. The molecule has 29 heavy (non-hydrogen) atoms. The van der Waals surface area contributed by atoms with Gasteiger partial charge in [-0.05, 0) is 30.2 Å². The lowest BCUT2D eigenvalue weighted by molar-refractivity contribution is -0.133. The number of benzene rings is 1. The van der Waals surface area contributed by atoms with Crippen LogP contribution in [0.1, 0.15) is 64.9 Å². The van der Waals surface area contributed by atoms with Gasteiger partial charge in [0.1, 0.15) is 0 Å². The van der Waals surface area contributed by atoms with Gasteiger partial charge in [0.15, 0.2) is 0 Å². The standard InChI is InChI=1S/C14H26O2.C11H10O2/c1-5-8-9-12(6-2)10-13(7-3)11(4)14(15)16;12-11(13)9-5-4-8-10-6-2-1-3-7-10/h12-13H,4-10H2,1-3H3,(H,15,16);1-9H,(H,12,13). The second-order valence-electron chi connectivity index (χ2n) is 7.05. The van der Waals surface area contributed by atoms with Crippen LogP contribution in [-0.2, 0) is 9.59 Å². The van der Waals surface area contributed by atoms with Gasteiger partial charge in [0.25, 0.3) is 0 Å². The predicted octanol–water partition coefficient (Wildman–Crippen LogP) is 6.60. The van der Waals surface area contributed by atoms with Gasteiger partial charge in [0.2, 0.25) is 0 Å². The molecular weight excluding hydrogens is 364 g/mol. The molecule has 0 amide bonds. The fourth-order valence-corrected chi connectivity index (χ4v) is 2.98. The van der Waals surface area contributed by atoms with Gasteiger partial charge in [0, 0.05) is 11.6 Å². The monoisotopic (exact) mass is 400 g/mol. The number of allylic oxidation sites excluding steroid dienone is 2. The molecule has 0 aliphatic carbocycles. The third-order valence-electron chi connectivity index (χ3n) is 4.86. The van der Waals surface area contributed by atoms with Gasteiger partial charge in [-0.3, -0.25) is 0 Å². The Labute approximate surface area is 175 Å². The summed E-state index contributed by atoms with van der Waals surface area (Å²) in [6.07, 6.45) is 12.8. The Bertz CT molecular complexity index is 659. The summed E-state index contributed by atoms with van der Waals surface area (Å²) in [5.41, 5.74) is 1.44. The van der Waals surface area contributed by atoms with Crippen molar-refractivity contribution in [3.05, 3.63) is 66.3 Å². The van der Waals surface area contributed by atoms with Crippen molar-refractivity contribution in [1.29, 1.82) is 0 Å². The van der Waals surface area contributed by atoms with Crippen LogP contribution < -0.4 is 0 Å². The van der Waals surface area contributed by atoms with E-state index < -0.39 is 11.9 Å². The Kier molecular flexibility index (Phi) is 14.9. The van der Waals surface area contributed by atoms with Gasteiger partial charge < -0.3 is 10.2 Å². The van der Waals surface area contributed by atoms with Crippen LogP contribution in [0.4, 0.5) is 0 Å². The third kappa shape index (κ3) is 13.2. The van der Waals surface area contributed by atoms with Crippen molar-refractivity contribution in [2.75, 3.05) is 0 Å². The molecule has 160 valence electrons. The largest absolute Gasteiger partial charge is 0.478 e. The molecule has 0 spiro atoms. The van der Waals surface area contributed by atoms with E-state index in [2.05, 4.69) is 20.4 Å². The maximum absolute atomic E-state index is 10.9. The van der Waals surface area contributed by atoms with E-state index in [1.165, 1.54) is 25.3 Å². The van der Waals surface area contributed by atoms with E-state index in [1.807, 2.05) is 43.3 Å². The molecule has 0 bridgehead atoms. The highest BCUT2D eigenvalue weighted by Crippen LogP contribution is 2.27. The molecule has 0 aliphatic heterocycles. The number of rotatable bonds is 12. The molecule has 0 saturated carbocycles. The predicted molar refractivity (Wildman–Crippen MR) is 121 cm³/mol. The van der Waals surface area contributed by atoms with E-state index in [4.69, 9.17) is 10.2 Å². The number of carboxylic acid groups (broad SMARTS) is 2. The summed E-state index contributed by atoms with van der Waals surface area (Å²) in [7, 11) is 0. The second-order valence-corrected chi connectivity index (χ2v) is 7.05. The molecular formula is C25H36O4. The van der Waals surface area contributed by atoms with Gasteiger partial charge in [-0.15, -0.1) is 0 Å². The Morgan fingerprint density at radius 3 is 2.17 bits per heavy atom. The minimum Gasteiger partial charge on any atom is -0.478 e. The SMILES string of the molecule is C=C(C(=O)O)C(CC)CC(CC)CCCC.O=C(O)C=CC=Cc1ccccc1. The molecule has 4 heteroatoms. The fraction of sp³-hybridized carbons (Fsp3) is 0.440. The van der Waals surface area contributed by atoms with Crippen LogP contribution in [0.25, 0.3) is 6.08 Å². The van der Waals surface area contributed by atoms with Crippen molar-refractivity contribution in [2.24, 2.45) is 11.8 Å². The molecule has 0 radical (unpaired) electrons. The Balaban J connectivity index is 0.000000551. The number of unbranched alkanes of at least 4 members (excludes halogenated alkanes) is 1. The molecule has 4 nitrogen and oxygen atoms in total. The van der Waals surface area contributed by atoms with Crippen molar-refractivity contribution < 1.29 is 19.8 Å². The van der Waals surface area contributed by atoms with Crippen molar-refractivity contribution in [1.82, 2.24) is 0 Å². The summed E-state index contributed by atoms with van der Waals surface area (Å²) in [6, 6.07) is 9.70. The van der Waals surface area contributed by atoms with Crippen molar-refractivity contribution in [2.45, 2.75) is 59.3 Å². The Morgan fingerprint density at radius 1 is 1.03 bits per heavy atom. The van der Waals surface area contributed by atoms with E-state index in [-0.39, 0.29) is 5.92 Å². The molecule has 2 atom stereocenters. The van der Waals surface area contributed by atoms with E-state index in [1.54, 1.807) is 6.08 Å². The van der Waals surface area contributed by atoms with E-state index in [0.29, 0.717) is 11.5 Å². The average Bonchev–Trinajstić information content (AvgIpc) is 2.72. The van der Waals surface area contributed by atoms with Gasteiger partial charge >= 0.3 is 11.9 Å². The average molecular weight is 401 g/mol. The summed E-state index contributed by atoms with van der Waals surface area (Å²) >= 11 is 0. The summed E-state index contributed by atoms with van der Waals surface area (Å²) < 4.78 is 0. The van der Waals surface area contributed by atoms with E-state index >= 15 is 0 Å². The van der Waals surface area contributed by atoms with Crippen LogP contribution in [0, 0.1) is 11.8 Å². The number of carbonyl (C=O) groups is 2. The zero-order chi connectivity index (χ0) is 22.1. The molecule has 1 aromatic rings. The molecule has 0 aromatic heterocycles. The van der Waals surface area contributed by atoms with Crippen LogP contribution in [0.5, 0.6) is 0 Å². The summed E-state index contributed by atoms with van der Waals surface area (Å²) in [5.74, 6) is -0.963. The number of hydrogen-bond acceptors (Lipinski definition) is 2. The van der Waals surface area contributed by atoms with Crippen molar-refractivity contribution >= 4 is 18.0 Å². The maximum Gasteiger partial charge on any atom is 0.331 e. The van der Waals surface area contributed by atoms with Crippen LogP contribution in [0.15, 0.2) is 60.7 Å². The minimum absolute atomic E-state index is 0.152. The van der Waals surface area contributed by atoms with Gasteiger partial charge in [-0.2, -0.15) is 0 Å². The lowest BCUT2D eigenvalue weighted by atomic mass is 9.84. The van der Waals surface area contributed by atoms with Crippen molar-refractivity contribution in [3.63, 3.8) is 0 Å². The fourth-order valence-electron chi connectivity index (χ4n) is 2.98. The molecule has 1 rings (SSSR count). The minimum atomic E-state index is -0.933. The smallest absolute Gasteiger partial charge is 0.331 e. The molecule has 0 heterocycles. The van der Waals surface area contributed by atoms with Crippen LogP contribution in [0.2, 0.25) is 0 Å². The van der Waals surface area contributed by atoms with Gasteiger partial charge in [-0.25, -0.2) is 9.59 Å². The molecule has 2 unspecified atom stereocenters. The van der Waals surface area contributed by atoms with Gasteiger partial charge in [0.05, 0.1) is 0 Å². The first-order chi connectivity index (χ1) is 13.8. The number of aliphatic carboxylic acids is 2. The normalized spacial score (nSPS) is 12.9. The zero-order valence-electron chi connectivity index (χ0n) is 18.0. The molecule has 0 saturated heterocycles. The molecule has 2 N–H and O–H groups in total. The Hall–Kier alpha value is -2.62. The first kappa shape index (κ1) is 26.4. The highest BCUT2D eigenvalue weighted by Gasteiger charge is 2.20. The third-order valence-corrected chi connectivity index (χ3v) is 4.86. The van der Waals surface area contributed by atoms with E-state index in [0.717, 1.165) is 30.9 Å². The topological polar surface area (TPSA) is 74.6 Å². The lowest BCUT2D eigenvalue weighted by Gasteiger charge is -2.21. The second kappa shape index (κ2) is 16.3. The first-order valence-corrected chi connectivity index (χ1v) is 10.4. The molecule has 0 fully saturated rings. The number of carboxylic acids is 2. The maximum atomic E-state index is 10.9. The molecule has 1 aromatic carbocycles.